The van der Waals surface area contributed by atoms with E-state index in [1.807, 2.05) is 37.3 Å². The van der Waals surface area contributed by atoms with E-state index in [-0.39, 0.29) is 17.7 Å². The number of halogens is 3. The number of aromatic nitrogens is 3. The number of nitrogens with one attached hydrogen (secondary N) is 2. The highest BCUT2D eigenvalue weighted by molar-refractivity contribution is 5.60. The quantitative estimate of drug-likeness (QED) is 0.685. The lowest BCUT2D eigenvalue weighted by atomic mass is 10.1. The molecule has 1 heterocycles. The van der Waals surface area contributed by atoms with Crippen LogP contribution < -0.4 is 10.6 Å². The summed E-state index contributed by atoms with van der Waals surface area (Å²) >= 11 is 0. The lowest BCUT2D eigenvalue weighted by Crippen LogP contribution is -2.12. The van der Waals surface area contributed by atoms with Gasteiger partial charge in [0.05, 0.1) is 17.4 Å². The first-order valence-electron chi connectivity index (χ1n) is 7.88. The molecule has 1 atom stereocenters. The summed E-state index contributed by atoms with van der Waals surface area (Å²) in [6, 6.07) is 14.8. The van der Waals surface area contributed by atoms with E-state index in [4.69, 9.17) is 0 Å². The van der Waals surface area contributed by atoms with Crippen LogP contribution in [0.4, 0.5) is 30.6 Å². The zero-order chi connectivity index (χ0) is 18.6. The van der Waals surface area contributed by atoms with Crippen molar-refractivity contribution in [1.29, 1.82) is 0 Å². The fraction of sp³-hybridized carbons (Fsp3) is 0.167. The van der Waals surface area contributed by atoms with Crippen molar-refractivity contribution >= 4 is 17.5 Å². The van der Waals surface area contributed by atoms with Crippen LogP contribution in [0.2, 0.25) is 0 Å². The summed E-state index contributed by atoms with van der Waals surface area (Å²) in [6.07, 6.45) is -3.06. The summed E-state index contributed by atoms with van der Waals surface area (Å²) in [4.78, 5) is 4.19. The molecule has 0 fully saturated rings. The van der Waals surface area contributed by atoms with E-state index in [2.05, 4.69) is 25.8 Å². The van der Waals surface area contributed by atoms with Gasteiger partial charge in [0.2, 0.25) is 5.95 Å². The number of rotatable bonds is 5. The molecule has 5 nitrogen and oxygen atoms in total. The van der Waals surface area contributed by atoms with Crippen LogP contribution in [0.5, 0.6) is 0 Å². The Morgan fingerprint density at radius 1 is 0.962 bits per heavy atom. The summed E-state index contributed by atoms with van der Waals surface area (Å²) in [7, 11) is 0. The number of hydrogen-bond acceptors (Lipinski definition) is 5. The van der Waals surface area contributed by atoms with Gasteiger partial charge in [0.15, 0.2) is 5.82 Å². The Labute approximate surface area is 148 Å². The largest absolute Gasteiger partial charge is 0.418 e. The van der Waals surface area contributed by atoms with Crippen LogP contribution in [-0.2, 0) is 6.18 Å². The molecule has 2 aromatic carbocycles. The Kier molecular flexibility index (Phi) is 5.01. The van der Waals surface area contributed by atoms with Gasteiger partial charge in [-0.05, 0) is 24.6 Å². The Morgan fingerprint density at radius 2 is 1.65 bits per heavy atom. The van der Waals surface area contributed by atoms with E-state index in [1.165, 1.54) is 24.4 Å². The first-order chi connectivity index (χ1) is 12.4. The van der Waals surface area contributed by atoms with Gasteiger partial charge in [-0.15, -0.1) is 5.10 Å². The third-order valence-corrected chi connectivity index (χ3v) is 3.70. The van der Waals surface area contributed by atoms with Crippen molar-refractivity contribution < 1.29 is 13.2 Å². The number of anilines is 3. The van der Waals surface area contributed by atoms with Gasteiger partial charge in [0.1, 0.15) is 0 Å². The number of alkyl halides is 3. The first kappa shape index (κ1) is 17.7. The Bertz CT molecular complexity index is 868. The van der Waals surface area contributed by atoms with Crippen molar-refractivity contribution in [2.45, 2.75) is 19.1 Å². The van der Waals surface area contributed by atoms with Crippen LogP contribution in [-0.4, -0.2) is 15.2 Å². The molecule has 134 valence electrons. The minimum Gasteiger partial charge on any atom is -0.362 e. The third kappa shape index (κ3) is 4.27. The molecule has 0 aliphatic rings. The zero-order valence-electron chi connectivity index (χ0n) is 13.8. The molecule has 0 saturated heterocycles. The van der Waals surface area contributed by atoms with Gasteiger partial charge in [-0.2, -0.15) is 23.3 Å². The van der Waals surface area contributed by atoms with Gasteiger partial charge in [-0.25, -0.2) is 0 Å². The summed E-state index contributed by atoms with van der Waals surface area (Å²) in [5, 5.41) is 13.3. The van der Waals surface area contributed by atoms with E-state index in [0.29, 0.717) is 5.82 Å². The SMILES string of the molecule is CC(Nc1cnnc(Nc2ccccc2C(F)(F)F)n1)c1ccccc1. The number of nitrogens with zero attached hydrogens (tertiary/aromatic N) is 3. The van der Waals surface area contributed by atoms with Crippen LogP contribution in [0.15, 0.2) is 60.8 Å². The fourth-order valence-corrected chi connectivity index (χ4v) is 2.43. The average Bonchev–Trinajstić information content (AvgIpc) is 2.62. The minimum atomic E-state index is -4.48. The van der Waals surface area contributed by atoms with Crippen molar-refractivity contribution in [1.82, 2.24) is 15.2 Å². The molecule has 3 aromatic rings. The molecule has 1 unspecified atom stereocenters. The minimum absolute atomic E-state index is 0.0213. The number of para-hydroxylation sites is 1. The van der Waals surface area contributed by atoms with E-state index in [9.17, 15) is 13.2 Å². The molecule has 0 saturated carbocycles. The molecule has 2 N–H and O–H groups in total. The van der Waals surface area contributed by atoms with Crippen LogP contribution in [0, 0.1) is 0 Å². The van der Waals surface area contributed by atoms with Gasteiger partial charge in [-0.1, -0.05) is 42.5 Å². The highest BCUT2D eigenvalue weighted by atomic mass is 19.4. The lowest BCUT2D eigenvalue weighted by Gasteiger charge is -2.16. The maximum atomic E-state index is 13.1. The Balaban J connectivity index is 1.79. The van der Waals surface area contributed by atoms with Gasteiger partial charge in [0.25, 0.3) is 0 Å². The van der Waals surface area contributed by atoms with Crippen LogP contribution in [0.3, 0.4) is 0 Å². The van der Waals surface area contributed by atoms with Crippen molar-refractivity contribution in [3.63, 3.8) is 0 Å². The number of hydrogen-bond donors (Lipinski definition) is 2. The summed E-state index contributed by atoms with van der Waals surface area (Å²) < 4.78 is 39.2. The smallest absolute Gasteiger partial charge is 0.362 e. The zero-order valence-corrected chi connectivity index (χ0v) is 13.8. The second-order valence-corrected chi connectivity index (χ2v) is 5.61. The van der Waals surface area contributed by atoms with Gasteiger partial charge < -0.3 is 10.6 Å². The predicted octanol–water partition coefficient (Wildman–Crippen LogP) is 4.81. The van der Waals surface area contributed by atoms with E-state index < -0.39 is 11.7 Å². The maximum Gasteiger partial charge on any atom is 0.418 e. The maximum absolute atomic E-state index is 13.1. The second kappa shape index (κ2) is 7.38. The highest BCUT2D eigenvalue weighted by Crippen LogP contribution is 2.35. The van der Waals surface area contributed by atoms with Gasteiger partial charge in [-0.3, -0.25) is 0 Å². The molecule has 0 spiro atoms. The highest BCUT2D eigenvalue weighted by Gasteiger charge is 2.33. The molecular weight excluding hydrogens is 343 g/mol. The van der Waals surface area contributed by atoms with Crippen molar-refractivity contribution in [2.75, 3.05) is 10.6 Å². The molecule has 1 aromatic heterocycles. The lowest BCUT2D eigenvalue weighted by molar-refractivity contribution is -0.136. The molecule has 0 bridgehead atoms. The number of benzene rings is 2. The second-order valence-electron chi connectivity index (χ2n) is 5.61. The normalized spacial score (nSPS) is 12.5. The van der Waals surface area contributed by atoms with Crippen LogP contribution >= 0.6 is 0 Å². The van der Waals surface area contributed by atoms with Crippen LogP contribution in [0.1, 0.15) is 24.1 Å². The first-order valence-corrected chi connectivity index (χ1v) is 7.88. The monoisotopic (exact) mass is 359 g/mol. The molecule has 0 aliphatic carbocycles. The molecule has 26 heavy (non-hydrogen) atoms. The summed E-state index contributed by atoms with van der Waals surface area (Å²) in [5.41, 5.74) is 0.123. The molecule has 8 heteroatoms. The van der Waals surface area contributed by atoms with Crippen molar-refractivity contribution in [2.24, 2.45) is 0 Å². The fourth-order valence-electron chi connectivity index (χ4n) is 2.43. The van der Waals surface area contributed by atoms with Gasteiger partial charge in [0, 0.05) is 6.04 Å². The molecule has 0 amide bonds. The predicted molar refractivity (Wildman–Crippen MR) is 93.0 cm³/mol. The Hall–Kier alpha value is -3.16. The average molecular weight is 359 g/mol. The summed E-state index contributed by atoms with van der Waals surface area (Å²) in [6.45, 7) is 1.95. The van der Waals surface area contributed by atoms with Crippen LogP contribution in [0.25, 0.3) is 0 Å². The summed E-state index contributed by atoms with van der Waals surface area (Å²) in [5.74, 6) is 0.385. The van der Waals surface area contributed by atoms with Gasteiger partial charge >= 0.3 is 6.18 Å². The topological polar surface area (TPSA) is 62.7 Å². The molecule has 0 radical (unpaired) electrons. The van der Waals surface area contributed by atoms with E-state index >= 15 is 0 Å². The third-order valence-electron chi connectivity index (χ3n) is 3.70. The standard InChI is InChI=1S/C18H16F3N5/c1-12(13-7-3-2-4-8-13)23-16-11-22-26-17(25-16)24-15-10-6-5-9-14(15)18(19,20)21/h2-12H,1H3,(H2,23,24,25,26). The van der Waals surface area contributed by atoms with Crippen molar-refractivity contribution in [3.05, 3.63) is 71.9 Å². The van der Waals surface area contributed by atoms with E-state index in [1.54, 1.807) is 0 Å². The molecule has 0 aliphatic heterocycles. The molecule has 3 rings (SSSR count). The Morgan fingerprint density at radius 3 is 2.38 bits per heavy atom. The van der Waals surface area contributed by atoms with E-state index in [0.717, 1.165) is 11.6 Å². The molecular formula is C18H16F3N5. The van der Waals surface area contributed by atoms with Crippen molar-refractivity contribution in [3.8, 4) is 0 Å².